The molecule has 1 aromatic heterocycles. The predicted molar refractivity (Wildman–Crippen MR) is 184 cm³/mol. The van der Waals surface area contributed by atoms with E-state index in [2.05, 4.69) is 9.72 Å². The van der Waals surface area contributed by atoms with Crippen LogP contribution in [0.25, 0.3) is 10.9 Å². The number of aromatic amines is 1. The number of rotatable bonds is 11. The number of aromatic nitrogens is 1. The number of carbonyl (C=O) groups is 2. The number of carbonyl (C=O) groups excluding carboxylic acids is 2. The first-order chi connectivity index (χ1) is 23.3. The number of hydrogen-bond donors (Lipinski definition) is 2. The van der Waals surface area contributed by atoms with Crippen LogP contribution in [0, 0.1) is 0 Å². The van der Waals surface area contributed by atoms with Crippen LogP contribution >= 0.6 is 0 Å². The third kappa shape index (κ3) is 13.7. The number of benzene rings is 4. The zero-order valence-electron chi connectivity index (χ0n) is 28.7. The molecule has 0 bridgehead atoms. The summed E-state index contributed by atoms with van der Waals surface area (Å²) in [5.41, 5.74) is 9.49. The Bertz CT molecular complexity index is 1770. The average Bonchev–Trinajstić information content (AvgIpc) is 3.12. The summed E-state index contributed by atoms with van der Waals surface area (Å²) >= 11 is 0. The van der Waals surface area contributed by atoms with Gasteiger partial charge in [-0.1, -0.05) is 60.7 Å². The minimum absolute atomic E-state index is 0. The monoisotopic (exact) mass is 680 g/mol. The minimum Gasteiger partial charge on any atom is -0.857 e. The first-order valence-electron chi connectivity index (χ1n) is 14.8. The molecule has 0 spiro atoms. The van der Waals surface area contributed by atoms with E-state index in [9.17, 15) is 14.4 Å². The van der Waals surface area contributed by atoms with Crippen molar-refractivity contribution in [1.29, 1.82) is 0 Å². The molecule has 0 unspecified atom stereocenters. The Balaban J connectivity index is 0.000000406. The molecule has 12 heteroatoms. The van der Waals surface area contributed by atoms with E-state index in [0.717, 1.165) is 23.8 Å². The zero-order valence-corrected chi connectivity index (χ0v) is 30.7. The Morgan fingerprint density at radius 3 is 1.76 bits per heavy atom. The van der Waals surface area contributed by atoms with Gasteiger partial charge in [0.2, 0.25) is 0 Å². The number of nitrogens with two attached hydrogens (primary N) is 1. The molecule has 5 aromatic rings. The Labute approximate surface area is 308 Å². The smallest absolute Gasteiger partial charge is 0.857 e. The molecular weight excluding hydrogens is 639 g/mol. The molecule has 254 valence electrons. The van der Waals surface area contributed by atoms with Gasteiger partial charge in [-0.05, 0) is 37.1 Å². The molecule has 3 N–H and O–H groups in total. The quantitative estimate of drug-likeness (QED) is 0.0917. The van der Waals surface area contributed by atoms with Gasteiger partial charge in [-0.2, -0.15) is 7.11 Å². The van der Waals surface area contributed by atoms with E-state index in [-0.39, 0.29) is 40.8 Å². The van der Waals surface area contributed by atoms with Crippen molar-refractivity contribution in [3.8, 4) is 23.0 Å². The van der Waals surface area contributed by atoms with Gasteiger partial charge in [0.25, 0.3) is 6.47 Å². The summed E-state index contributed by atoms with van der Waals surface area (Å²) in [6, 6.07) is 27.9. The summed E-state index contributed by atoms with van der Waals surface area (Å²) in [5.74, 6) is 2.08. The summed E-state index contributed by atoms with van der Waals surface area (Å²) in [6.07, 6.45) is 1.62. The molecule has 0 saturated heterocycles. The molecule has 49 heavy (non-hydrogen) atoms. The van der Waals surface area contributed by atoms with E-state index in [1.807, 2.05) is 60.7 Å². The normalized spacial score (nSPS) is 9.43. The molecule has 0 atom stereocenters. The molecule has 0 aliphatic rings. The van der Waals surface area contributed by atoms with Crippen molar-refractivity contribution < 1.29 is 67.9 Å². The first-order valence-corrected chi connectivity index (χ1v) is 14.8. The molecule has 1 heterocycles. The number of nitrogens with one attached hydrogen (secondary N) is 1. The van der Waals surface area contributed by atoms with Crippen molar-refractivity contribution in [3.05, 3.63) is 124 Å². The number of nitrogen functional groups attached to an aromatic ring is 1. The minimum atomic E-state index is -0.101. The number of H-pyrrole nitrogens is 1. The van der Waals surface area contributed by atoms with Gasteiger partial charge in [-0.15, -0.1) is 0 Å². The second-order valence-electron chi connectivity index (χ2n) is 9.64. The van der Waals surface area contributed by atoms with Crippen LogP contribution in [0.15, 0.2) is 102 Å². The van der Waals surface area contributed by atoms with E-state index >= 15 is 0 Å². The fourth-order valence-corrected chi connectivity index (χ4v) is 4.14. The standard InChI is InChI=1S/C17H15NO3.C16H17NO3.C3H6O2.CH3O.Na/c1-20-16-9-13-14(18-8-7-15(13)19)10-17(16)21-11-12-5-3-2-4-6-12;1-11(18)13-8-15(19-2)16(9-14(13)17)20-10-12-6-4-3-5-7-12;1-2-5-3-4;1-2;/h2-10H,11H2,1H3,(H,18,19);3-9H,10,17H2,1-2H3;3H,2H2,1H3;1H3;/q;;;-1;+1. The maximum atomic E-state index is 11.8. The second-order valence-corrected chi connectivity index (χ2v) is 9.64. The average molecular weight is 681 g/mol. The number of ether oxygens (including phenoxy) is 5. The molecule has 0 aliphatic carbocycles. The topological polar surface area (TPSA) is 162 Å². The van der Waals surface area contributed by atoms with Crippen LogP contribution in [0.1, 0.15) is 35.3 Å². The molecule has 0 saturated carbocycles. The summed E-state index contributed by atoms with van der Waals surface area (Å²) in [4.78, 5) is 35.5. The van der Waals surface area contributed by atoms with Gasteiger partial charge < -0.3 is 39.5 Å². The van der Waals surface area contributed by atoms with Gasteiger partial charge in [0.1, 0.15) is 13.2 Å². The van der Waals surface area contributed by atoms with Crippen molar-refractivity contribution >= 4 is 28.8 Å². The van der Waals surface area contributed by atoms with Crippen LogP contribution in [0.3, 0.4) is 0 Å². The molecule has 0 fully saturated rings. The number of ketones is 1. The Morgan fingerprint density at radius 2 is 1.31 bits per heavy atom. The second kappa shape index (κ2) is 23.5. The third-order valence-corrected chi connectivity index (χ3v) is 6.47. The summed E-state index contributed by atoms with van der Waals surface area (Å²) in [7, 11) is 3.85. The van der Waals surface area contributed by atoms with Gasteiger partial charge >= 0.3 is 29.6 Å². The van der Waals surface area contributed by atoms with Crippen molar-refractivity contribution in [2.24, 2.45) is 0 Å². The van der Waals surface area contributed by atoms with E-state index in [1.54, 1.807) is 44.5 Å². The number of hydrogen-bond acceptors (Lipinski definition) is 10. The number of Topliss-reactive ketones (excluding diaryl/α,β-unsaturated/α-hetero) is 1. The fourth-order valence-electron chi connectivity index (χ4n) is 4.14. The largest absolute Gasteiger partial charge is 1.00 e. The van der Waals surface area contributed by atoms with Crippen molar-refractivity contribution in [2.75, 3.05) is 33.7 Å². The van der Waals surface area contributed by atoms with Gasteiger partial charge in [-0.3, -0.25) is 14.4 Å². The third-order valence-electron chi connectivity index (χ3n) is 6.47. The molecular formula is C37H41N2NaO9. The van der Waals surface area contributed by atoms with Crippen molar-refractivity contribution in [3.63, 3.8) is 0 Å². The van der Waals surface area contributed by atoms with Gasteiger partial charge in [-0.25, -0.2) is 0 Å². The van der Waals surface area contributed by atoms with Crippen LogP contribution in [0.5, 0.6) is 23.0 Å². The summed E-state index contributed by atoms with van der Waals surface area (Å²) in [5, 5.41) is 8.83. The van der Waals surface area contributed by atoms with Crippen LogP contribution < -0.4 is 64.8 Å². The first kappa shape index (κ1) is 42.2. The van der Waals surface area contributed by atoms with Gasteiger partial charge in [0.05, 0.1) is 26.3 Å². The van der Waals surface area contributed by atoms with E-state index in [1.165, 1.54) is 20.1 Å². The number of anilines is 1. The Morgan fingerprint density at radius 1 is 0.796 bits per heavy atom. The molecule has 11 nitrogen and oxygen atoms in total. The molecule has 4 aromatic carbocycles. The van der Waals surface area contributed by atoms with Crippen LogP contribution in [0.4, 0.5) is 5.69 Å². The zero-order chi connectivity index (χ0) is 35.3. The van der Waals surface area contributed by atoms with Crippen LogP contribution in [0.2, 0.25) is 0 Å². The van der Waals surface area contributed by atoms with E-state index in [4.69, 9.17) is 29.8 Å². The number of pyridine rings is 1. The maximum Gasteiger partial charge on any atom is 1.00 e. The van der Waals surface area contributed by atoms with Gasteiger partial charge in [0, 0.05) is 41.0 Å². The van der Waals surface area contributed by atoms with Crippen LogP contribution in [-0.4, -0.2) is 45.2 Å². The molecule has 0 aliphatic heterocycles. The van der Waals surface area contributed by atoms with Gasteiger partial charge in [0.15, 0.2) is 34.2 Å². The van der Waals surface area contributed by atoms with Crippen LogP contribution in [-0.2, 0) is 22.7 Å². The maximum absolute atomic E-state index is 11.8. The Hall–Kier alpha value is -4.81. The predicted octanol–water partition coefficient (Wildman–Crippen LogP) is 2.33. The fraction of sp³-hybridized carbons (Fsp3) is 0.216. The van der Waals surface area contributed by atoms with E-state index < -0.39 is 0 Å². The van der Waals surface area contributed by atoms with Crippen molar-refractivity contribution in [1.82, 2.24) is 4.98 Å². The molecule has 0 radical (unpaired) electrons. The molecule has 5 rings (SSSR count). The summed E-state index contributed by atoms with van der Waals surface area (Å²) < 4.78 is 26.2. The Kier molecular flexibility index (Phi) is 20.2. The SMILES string of the molecule is CCOC=O.COc1cc(C(C)=O)c(N)cc1OCc1ccccc1.COc1cc2c(=O)cc[nH]c2cc1OCc1ccccc1.C[O-].[Na+]. The molecule has 0 amide bonds. The number of methoxy groups -OCH3 is 2. The van der Waals surface area contributed by atoms with E-state index in [0.29, 0.717) is 65.9 Å². The summed E-state index contributed by atoms with van der Waals surface area (Å²) in [6.45, 7) is 4.99. The number of fused-ring (bicyclic) bond motifs is 1. The van der Waals surface area contributed by atoms with Crippen molar-refractivity contribution in [2.45, 2.75) is 27.1 Å².